The molecule has 0 spiro atoms. The Morgan fingerprint density at radius 3 is 1.30 bits per heavy atom. The van der Waals surface area contributed by atoms with Crippen LogP contribution in [0.4, 0.5) is 22.7 Å². The Labute approximate surface area is 470 Å². The summed E-state index contributed by atoms with van der Waals surface area (Å²) in [5.41, 5.74) is 12.2. The summed E-state index contributed by atoms with van der Waals surface area (Å²) in [4.78, 5) is 105. The van der Waals surface area contributed by atoms with E-state index in [4.69, 9.17) is 144 Å². The number of carboxylic acids is 3. The van der Waals surface area contributed by atoms with Crippen molar-refractivity contribution in [3.05, 3.63) is 150 Å². The molecule has 0 unspecified atom stereocenters. The zero-order valence-corrected chi connectivity index (χ0v) is 46.4. The number of benzene rings is 6. The Morgan fingerprint density at radius 1 is 0.568 bits per heavy atom. The minimum absolute atomic E-state index is 0. The van der Waals surface area contributed by atoms with Gasteiger partial charge in [-0.1, -0.05) is 141 Å². The van der Waals surface area contributed by atoms with Gasteiger partial charge in [0, 0.05) is 22.1 Å². The van der Waals surface area contributed by atoms with Crippen molar-refractivity contribution in [3.63, 3.8) is 0 Å². The molecule has 0 fully saturated rings. The van der Waals surface area contributed by atoms with E-state index in [2.05, 4.69) is 9.73 Å². The molecule has 28 heteroatoms. The molecule has 382 valence electrons. The summed E-state index contributed by atoms with van der Waals surface area (Å²) in [6.07, 6.45) is -1.79. The topological polar surface area (TPSA) is 328 Å². The molecule has 19 nitrogen and oxygen atoms in total. The molecule has 3 heterocycles. The van der Waals surface area contributed by atoms with Crippen LogP contribution in [0, 0.1) is 14.9 Å². The van der Waals surface area contributed by atoms with Gasteiger partial charge in [0.1, 0.15) is 0 Å². The number of amidine groups is 1. The van der Waals surface area contributed by atoms with Crippen molar-refractivity contribution >= 4 is 191 Å². The van der Waals surface area contributed by atoms with E-state index in [0.717, 1.165) is 44.3 Å². The zero-order chi connectivity index (χ0) is 53.4. The fraction of sp³-hybridized carbons (Fsp3) is 0.0652. The van der Waals surface area contributed by atoms with E-state index in [9.17, 15) is 28.8 Å². The number of rotatable bonds is 5. The fourth-order valence-corrected chi connectivity index (χ4v) is 8.73. The maximum Gasteiger partial charge on any atom is 2.00 e. The Balaban J connectivity index is 0.000000491. The van der Waals surface area contributed by atoms with Gasteiger partial charge in [-0.3, -0.25) is 19.3 Å². The normalized spacial score (nSPS) is 11.6. The van der Waals surface area contributed by atoms with E-state index in [1.54, 1.807) is 0 Å². The number of carboxylic acid groups (broad SMARTS) is 3. The van der Waals surface area contributed by atoms with E-state index in [-0.39, 0.29) is 109 Å². The molecule has 0 atom stereocenters. The molecule has 3 aliphatic rings. The van der Waals surface area contributed by atoms with Gasteiger partial charge >= 0.3 is 61.6 Å². The molecule has 6 aromatic carbocycles. The first-order chi connectivity index (χ1) is 33.3. The summed E-state index contributed by atoms with van der Waals surface area (Å²) in [6.45, 7) is 0. The van der Waals surface area contributed by atoms with Crippen molar-refractivity contribution in [2.75, 3.05) is 16.4 Å². The van der Waals surface area contributed by atoms with Crippen LogP contribution in [-0.4, -0.2) is 79.9 Å². The predicted molar refractivity (Wildman–Crippen MR) is 272 cm³/mol. The monoisotopic (exact) mass is 1220 g/mol. The molecular weight excluding hydrogens is 1200 g/mol. The number of carbonyl (C=O) groups excluding carboxylic acids is 7. The Morgan fingerprint density at radius 2 is 0.919 bits per heavy atom. The summed E-state index contributed by atoms with van der Waals surface area (Å²) in [6, 6.07) is 23.1. The second kappa shape index (κ2) is 27.9. The molecule has 8 N–H and O–H groups in total. The number of nitrogens with zero attached hydrogens (tertiary/aromatic N) is 2. The molecule has 0 bridgehead atoms. The third-order valence-corrected chi connectivity index (χ3v) is 13.2. The Hall–Kier alpha value is -6.21. The minimum Gasteiger partial charge on any atom is -0.481 e. The van der Waals surface area contributed by atoms with Crippen LogP contribution in [0.2, 0.25) is 40.2 Å². The first kappa shape index (κ1) is 65.8. The second-order valence-corrected chi connectivity index (χ2v) is 16.9. The molecule has 0 saturated carbocycles. The van der Waals surface area contributed by atoms with Gasteiger partial charge in [0.15, 0.2) is 11.4 Å². The van der Waals surface area contributed by atoms with Gasteiger partial charge < -0.3 is 51.5 Å². The van der Waals surface area contributed by atoms with Gasteiger partial charge in [-0.2, -0.15) is 19.2 Å². The molecular formula is C46H30Cl8N4O15Zn. The first-order valence-corrected chi connectivity index (χ1v) is 21.7. The number of cyclic esters (lactones) is 2. The average molecular weight is 1230 g/mol. The average Bonchev–Trinajstić information content (AvgIpc) is 3.78. The quantitative estimate of drug-likeness (QED) is 0.0178. The largest absolute Gasteiger partial charge is 2.00 e. The van der Waals surface area contributed by atoms with E-state index in [0.29, 0.717) is 11.4 Å². The number of halogens is 8. The predicted octanol–water partition coefficient (Wildman–Crippen LogP) is 10.6. The fourth-order valence-electron chi connectivity index (χ4n) is 6.70. The van der Waals surface area contributed by atoms with E-state index in [1.807, 2.05) is 72.8 Å². The number of esters is 2. The van der Waals surface area contributed by atoms with Crippen LogP contribution in [0.1, 0.15) is 49.5 Å². The molecule has 3 aliphatic heterocycles. The van der Waals surface area contributed by atoms with Crippen molar-refractivity contribution in [1.82, 2.24) is 0 Å². The SMILES string of the molecule is Nc1cccc2cccc(N)c12.O=C(O)CC(O)(CC(=O)O)C(=O)O.O=C1OC(=O)c2c(Cl)c(Cl)c(Cl)c(Cl)c21.O=C1c2c(Cl)c(Cl)c(Cl)c(Cl)c2C2=Nc3cccc4cccc(c34)N12.O=C=O.O=C=O.[CH3-].[CH3-].[Zn+2]. The molecule has 74 heavy (non-hydrogen) atoms. The smallest absolute Gasteiger partial charge is 0.481 e. The van der Waals surface area contributed by atoms with Crippen LogP contribution in [0.15, 0.2) is 77.8 Å². The van der Waals surface area contributed by atoms with Crippen molar-refractivity contribution < 1.29 is 92.6 Å². The van der Waals surface area contributed by atoms with Crippen LogP contribution in [-0.2, 0) is 57.8 Å². The number of hydrogen-bond acceptors (Lipinski definition) is 15. The zero-order valence-electron chi connectivity index (χ0n) is 37.4. The minimum atomic E-state index is -2.74. The third kappa shape index (κ3) is 13.7. The number of aliphatic imine (C=N–C) groups is 1. The summed E-state index contributed by atoms with van der Waals surface area (Å²) in [5.74, 6) is -6.67. The number of fused-ring (bicyclic) bond motifs is 6. The van der Waals surface area contributed by atoms with Crippen molar-refractivity contribution in [2.24, 2.45) is 4.99 Å². The Kier molecular flexibility index (Phi) is 24.8. The molecule has 0 radical (unpaired) electrons. The van der Waals surface area contributed by atoms with Gasteiger partial charge in [-0.25, -0.2) is 19.4 Å². The number of ether oxygens (including phenoxy) is 1. The molecule has 9 rings (SSSR count). The van der Waals surface area contributed by atoms with Crippen molar-refractivity contribution in [3.8, 4) is 0 Å². The number of hydrogen-bond donors (Lipinski definition) is 6. The molecule has 0 aromatic heterocycles. The van der Waals surface area contributed by atoms with Crippen molar-refractivity contribution in [1.29, 1.82) is 0 Å². The molecule has 6 aromatic rings. The Bertz CT molecular complexity index is 3230. The van der Waals surface area contributed by atoms with Gasteiger partial charge in [-0.15, -0.1) is 0 Å². The third-order valence-electron chi connectivity index (χ3n) is 9.56. The van der Waals surface area contributed by atoms with Crippen molar-refractivity contribution in [2.45, 2.75) is 18.4 Å². The van der Waals surface area contributed by atoms with Crippen LogP contribution in [0.3, 0.4) is 0 Å². The van der Waals surface area contributed by atoms with Crippen LogP contribution < -0.4 is 16.4 Å². The number of nitrogens with two attached hydrogens (primary N) is 2. The number of nitrogen functional groups attached to an aromatic ring is 2. The maximum absolute atomic E-state index is 13.1. The number of aliphatic hydroxyl groups is 1. The first-order valence-electron chi connectivity index (χ1n) is 18.7. The van der Waals surface area contributed by atoms with Gasteiger partial charge in [0.05, 0.1) is 86.7 Å². The van der Waals surface area contributed by atoms with Crippen LogP contribution in [0.5, 0.6) is 0 Å². The van der Waals surface area contributed by atoms with E-state index in [1.165, 1.54) is 4.90 Å². The summed E-state index contributed by atoms with van der Waals surface area (Å²) < 4.78 is 4.34. The van der Waals surface area contributed by atoms with E-state index < -0.39 is 48.3 Å². The van der Waals surface area contributed by atoms with Crippen LogP contribution >= 0.6 is 92.8 Å². The second-order valence-electron chi connectivity index (χ2n) is 13.9. The van der Waals surface area contributed by atoms with Gasteiger partial charge in [0.2, 0.25) is 0 Å². The number of anilines is 3. The molecule has 1 amide bonds. The van der Waals surface area contributed by atoms with Gasteiger partial charge in [-0.05, 0) is 35.0 Å². The number of carbonyl (C=O) groups is 6. The summed E-state index contributed by atoms with van der Waals surface area (Å²) >= 11 is 48.0. The van der Waals surface area contributed by atoms with Crippen LogP contribution in [0.25, 0.3) is 21.5 Å². The van der Waals surface area contributed by atoms with Gasteiger partial charge in [0.25, 0.3) is 5.91 Å². The maximum atomic E-state index is 13.1. The number of aliphatic carboxylic acids is 3. The summed E-state index contributed by atoms with van der Waals surface area (Å²) in [5, 5.41) is 37.8. The number of amides is 1. The molecule has 0 aliphatic carbocycles. The van der Waals surface area contributed by atoms with E-state index >= 15 is 0 Å². The standard InChI is InChI=1S/C18H6Cl4N2O.C10H10N2.C8Cl4O3.C6H8O7.2CO2.2CH3.Zn/c19-13-11-12(14(20)16(22)15(13)21)18(25)24-9-6-2-4-7-3-1-5-8(10(7)9)23-17(11)24;11-8-5-1-3-7-4-2-6-9(12)10(7)8;9-3-1-2(8(14)15-7(1)13)4(10)6(12)5(3)11;7-3(8)1-6(13,5(11)12)2-4(9)10;2*2-1-3;;;/h1-6H;1-6H,11-12H2;;13H,1-2H2,(H,7,8)(H,9,10)(H,11,12);;;2*1H3;/q;;;;;;2*-1;+2. The molecule has 0 saturated heterocycles. The summed E-state index contributed by atoms with van der Waals surface area (Å²) in [7, 11) is 0.